The molecule has 90 valence electrons. The first kappa shape index (κ1) is 12.9. The van der Waals surface area contributed by atoms with Crippen LogP contribution in [-0.2, 0) is 20.2 Å². The summed E-state index contributed by atoms with van der Waals surface area (Å²) in [5, 5.41) is 2.47. The zero-order valence-corrected chi connectivity index (χ0v) is 9.71. The summed E-state index contributed by atoms with van der Waals surface area (Å²) in [5.74, 6) is 0. The summed E-state index contributed by atoms with van der Waals surface area (Å²) >= 11 is 0. The number of hydrogen-bond donors (Lipinski definition) is 3. The molecule has 0 aliphatic rings. The third kappa shape index (κ3) is 2.70. The highest BCUT2D eigenvalue weighted by atomic mass is 32.2. The van der Waals surface area contributed by atoms with E-state index < -0.39 is 30.0 Å². The Kier molecular flexibility index (Phi) is 3.24. The van der Waals surface area contributed by atoms with Gasteiger partial charge in [0.2, 0.25) is 0 Å². The van der Waals surface area contributed by atoms with Crippen molar-refractivity contribution in [3.8, 4) is 0 Å². The van der Waals surface area contributed by atoms with E-state index in [1.54, 1.807) is 0 Å². The molecule has 0 saturated carbocycles. The molecule has 0 atom stereocenters. The first-order valence-electron chi connectivity index (χ1n) is 3.93. The van der Waals surface area contributed by atoms with E-state index in [-0.39, 0.29) is 5.69 Å². The van der Waals surface area contributed by atoms with Gasteiger partial charge in [-0.25, -0.2) is 0 Å². The lowest BCUT2D eigenvalue weighted by molar-refractivity contribution is 0.481. The van der Waals surface area contributed by atoms with Crippen molar-refractivity contribution in [3.63, 3.8) is 0 Å². The van der Waals surface area contributed by atoms with Crippen molar-refractivity contribution >= 4 is 25.9 Å². The van der Waals surface area contributed by atoms with Gasteiger partial charge in [-0.1, -0.05) is 0 Å². The van der Waals surface area contributed by atoms with E-state index >= 15 is 0 Å². The van der Waals surface area contributed by atoms with E-state index in [0.717, 1.165) is 12.1 Å². The fourth-order valence-electron chi connectivity index (χ4n) is 1.08. The maximum atomic E-state index is 10.9. The Balaban J connectivity index is 3.58. The summed E-state index contributed by atoms with van der Waals surface area (Å²) in [6.07, 6.45) is 0. The molecule has 0 aromatic heterocycles. The van der Waals surface area contributed by atoms with Crippen LogP contribution in [0.3, 0.4) is 0 Å². The fraction of sp³-hybridized carbons (Fsp3) is 0.143. The molecular weight excluding hydrogens is 258 g/mol. The lowest BCUT2D eigenvalue weighted by atomic mass is 10.3. The lowest BCUT2D eigenvalue weighted by Crippen LogP contribution is -2.06. The van der Waals surface area contributed by atoms with Crippen molar-refractivity contribution in [1.82, 2.24) is 0 Å². The maximum absolute atomic E-state index is 10.9. The molecule has 0 heterocycles. The van der Waals surface area contributed by atoms with Crippen molar-refractivity contribution < 1.29 is 25.9 Å². The van der Waals surface area contributed by atoms with Crippen LogP contribution >= 0.6 is 0 Å². The third-order valence-electron chi connectivity index (χ3n) is 1.80. The Labute approximate surface area is 92.6 Å². The van der Waals surface area contributed by atoms with Gasteiger partial charge >= 0.3 is 0 Å². The number of nitrogens with one attached hydrogen (secondary N) is 1. The van der Waals surface area contributed by atoms with Crippen LogP contribution in [0, 0.1) is 0 Å². The highest BCUT2D eigenvalue weighted by Crippen LogP contribution is 2.24. The number of hydrogen-bond acceptors (Lipinski definition) is 5. The normalized spacial score (nSPS) is 12.4. The molecule has 7 nitrogen and oxygen atoms in total. The molecule has 1 rings (SSSR count). The standard InChI is InChI=1S/C7H9NO6S2/c1-8-6-3-2-5(15(9,10)11)4-7(6)16(12,13)14/h2-4,8H,1H3,(H,9,10,11)(H,12,13,14). The monoisotopic (exact) mass is 267 g/mol. The van der Waals surface area contributed by atoms with E-state index in [1.807, 2.05) is 0 Å². The average molecular weight is 267 g/mol. The van der Waals surface area contributed by atoms with E-state index in [2.05, 4.69) is 5.32 Å². The van der Waals surface area contributed by atoms with Gasteiger partial charge in [0.15, 0.2) is 0 Å². The van der Waals surface area contributed by atoms with Crippen molar-refractivity contribution in [3.05, 3.63) is 18.2 Å². The Bertz CT molecular complexity index is 604. The Hall–Kier alpha value is -1.16. The van der Waals surface area contributed by atoms with E-state index in [0.29, 0.717) is 6.07 Å². The summed E-state index contributed by atoms with van der Waals surface area (Å²) in [6.45, 7) is 0. The largest absolute Gasteiger partial charge is 0.387 e. The van der Waals surface area contributed by atoms with Crippen molar-refractivity contribution in [2.45, 2.75) is 9.79 Å². The second-order valence-electron chi connectivity index (χ2n) is 2.86. The molecule has 9 heteroatoms. The molecule has 0 saturated heterocycles. The SMILES string of the molecule is CNc1ccc(S(=O)(=O)O)cc1S(=O)(=O)O. The molecule has 0 bridgehead atoms. The van der Waals surface area contributed by atoms with Gasteiger partial charge in [-0.15, -0.1) is 0 Å². The molecule has 1 aromatic rings. The summed E-state index contributed by atoms with van der Waals surface area (Å²) in [5.41, 5.74) is 0.0231. The molecular formula is C7H9NO6S2. The van der Waals surface area contributed by atoms with Crippen molar-refractivity contribution in [2.24, 2.45) is 0 Å². The van der Waals surface area contributed by atoms with Gasteiger partial charge < -0.3 is 5.32 Å². The molecule has 1 aromatic carbocycles. The highest BCUT2D eigenvalue weighted by Gasteiger charge is 2.19. The average Bonchev–Trinajstić information content (AvgIpc) is 2.14. The minimum Gasteiger partial charge on any atom is -0.387 e. The zero-order valence-electron chi connectivity index (χ0n) is 8.08. The minimum absolute atomic E-state index is 0.0231. The predicted molar refractivity (Wildman–Crippen MR) is 55.6 cm³/mol. The topological polar surface area (TPSA) is 121 Å². The third-order valence-corrected chi connectivity index (χ3v) is 3.54. The molecule has 0 spiro atoms. The first-order valence-corrected chi connectivity index (χ1v) is 6.81. The Morgan fingerprint density at radius 1 is 1.06 bits per heavy atom. The van der Waals surface area contributed by atoms with Crippen LogP contribution in [0.2, 0.25) is 0 Å². The molecule has 0 aliphatic heterocycles. The number of benzene rings is 1. The molecule has 0 aliphatic carbocycles. The van der Waals surface area contributed by atoms with Crippen molar-refractivity contribution in [2.75, 3.05) is 12.4 Å². The van der Waals surface area contributed by atoms with Gasteiger partial charge in [-0.3, -0.25) is 9.11 Å². The summed E-state index contributed by atoms with van der Waals surface area (Å²) in [6, 6.07) is 2.79. The quantitative estimate of drug-likeness (QED) is 0.670. The molecule has 16 heavy (non-hydrogen) atoms. The smallest absolute Gasteiger partial charge is 0.296 e. The van der Waals surface area contributed by atoms with Crippen LogP contribution in [0.1, 0.15) is 0 Å². The molecule has 0 radical (unpaired) electrons. The molecule has 0 unspecified atom stereocenters. The second kappa shape index (κ2) is 4.01. The molecule has 3 N–H and O–H groups in total. The van der Waals surface area contributed by atoms with Gasteiger partial charge in [0, 0.05) is 7.05 Å². The van der Waals surface area contributed by atoms with E-state index in [4.69, 9.17) is 9.11 Å². The van der Waals surface area contributed by atoms with E-state index in [1.165, 1.54) is 7.05 Å². The van der Waals surface area contributed by atoms with Gasteiger partial charge in [0.25, 0.3) is 20.2 Å². The van der Waals surface area contributed by atoms with Crippen LogP contribution in [0.15, 0.2) is 28.0 Å². The Morgan fingerprint density at radius 3 is 2.00 bits per heavy atom. The summed E-state index contributed by atoms with van der Waals surface area (Å²) in [7, 11) is -7.68. The van der Waals surface area contributed by atoms with E-state index in [9.17, 15) is 16.8 Å². The van der Waals surface area contributed by atoms with Gasteiger partial charge in [0.1, 0.15) is 4.90 Å². The summed E-state index contributed by atoms with van der Waals surface area (Å²) in [4.78, 5) is -1.23. The van der Waals surface area contributed by atoms with Crippen LogP contribution in [0.5, 0.6) is 0 Å². The molecule has 0 fully saturated rings. The lowest BCUT2D eigenvalue weighted by Gasteiger charge is -2.07. The Morgan fingerprint density at radius 2 is 1.62 bits per heavy atom. The van der Waals surface area contributed by atoms with Crippen LogP contribution in [0.4, 0.5) is 5.69 Å². The van der Waals surface area contributed by atoms with Crippen molar-refractivity contribution in [1.29, 1.82) is 0 Å². The van der Waals surface area contributed by atoms with Gasteiger partial charge in [-0.2, -0.15) is 16.8 Å². The minimum atomic E-state index is -4.57. The number of anilines is 1. The first-order chi connectivity index (χ1) is 7.16. The highest BCUT2D eigenvalue weighted by molar-refractivity contribution is 7.86. The second-order valence-corrected chi connectivity index (χ2v) is 5.67. The van der Waals surface area contributed by atoms with Crippen LogP contribution in [-0.4, -0.2) is 33.0 Å². The molecule has 0 amide bonds. The summed E-state index contributed by atoms with van der Waals surface area (Å²) < 4.78 is 61.0. The number of rotatable bonds is 3. The predicted octanol–water partition coefficient (Wildman–Crippen LogP) is 0.222. The van der Waals surface area contributed by atoms with Crippen LogP contribution < -0.4 is 5.32 Å². The fourth-order valence-corrected chi connectivity index (χ4v) is 2.39. The van der Waals surface area contributed by atoms with Gasteiger partial charge in [0.05, 0.1) is 10.6 Å². The van der Waals surface area contributed by atoms with Crippen LogP contribution in [0.25, 0.3) is 0 Å². The zero-order chi connectivity index (χ0) is 12.6. The maximum Gasteiger partial charge on any atom is 0.296 e. The van der Waals surface area contributed by atoms with Gasteiger partial charge in [-0.05, 0) is 18.2 Å².